The van der Waals surface area contributed by atoms with Crippen molar-refractivity contribution in [3.8, 4) is 0 Å². The van der Waals surface area contributed by atoms with Crippen LogP contribution in [-0.2, 0) is 6.42 Å². The summed E-state index contributed by atoms with van der Waals surface area (Å²) in [5, 5.41) is 12.7. The highest BCUT2D eigenvalue weighted by Crippen LogP contribution is 2.44. The molecule has 0 saturated heterocycles. The minimum Gasteiger partial charge on any atom is -0.396 e. The number of hydrogen-bond donors (Lipinski definition) is 2. The van der Waals surface area contributed by atoms with E-state index in [-0.39, 0.29) is 6.61 Å². The zero-order valence-corrected chi connectivity index (χ0v) is 12.4. The number of nitrogens with one attached hydrogen (secondary N) is 1. The molecule has 2 saturated carbocycles. The van der Waals surface area contributed by atoms with Crippen LogP contribution in [0.3, 0.4) is 0 Å². The van der Waals surface area contributed by atoms with Crippen LogP contribution < -0.4 is 5.32 Å². The summed E-state index contributed by atoms with van der Waals surface area (Å²) in [6.07, 6.45) is 10.3. The molecule has 2 fully saturated rings. The van der Waals surface area contributed by atoms with E-state index in [1.165, 1.54) is 49.8 Å². The minimum absolute atomic E-state index is 0.281. The van der Waals surface area contributed by atoms with Crippen molar-refractivity contribution in [2.75, 3.05) is 11.9 Å². The third-order valence-corrected chi connectivity index (χ3v) is 4.92. The average molecular weight is 273 g/mol. The quantitative estimate of drug-likeness (QED) is 0.821. The van der Waals surface area contributed by atoms with E-state index >= 15 is 0 Å². The van der Waals surface area contributed by atoms with Crippen LogP contribution in [0.2, 0.25) is 0 Å². The Morgan fingerprint density at radius 3 is 2.80 bits per heavy atom. The minimum atomic E-state index is 0.281. The summed E-state index contributed by atoms with van der Waals surface area (Å²) in [7, 11) is 0. The Kier molecular flexibility index (Phi) is 4.62. The lowest BCUT2D eigenvalue weighted by Crippen LogP contribution is -2.28. The Bertz CT molecular complexity index is 427. The zero-order valence-electron chi connectivity index (χ0n) is 12.4. The van der Waals surface area contributed by atoms with Crippen molar-refractivity contribution >= 4 is 5.69 Å². The fourth-order valence-electron chi connectivity index (χ4n) is 3.69. The summed E-state index contributed by atoms with van der Waals surface area (Å²) in [6, 6.07) is 9.41. The van der Waals surface area contributed by atoms with Gasteiger partial charge < -0.3 is 10.4 Å². The van der Waals surface area contributed by atoms with Gasteiger partial charge in [-0.1, -0.05) is 25.0 Å². The lowest BCUT2D eigenvalue weighted by atomic mass is 9.82. The number of rotatable bonds is 6. The van der Waals surface area contributed by atoms with Crippen molar-refractivity contribution in [2.24, 2.45) is 11.8 Å². The second kappa shape index (κ2) is 6.62. The Labute approximate surface area is 122 Å². The fourth-order valence-corrected chi connectivity index (χ4v) is 3.69. The maximum atomic E-state index is 8.93. The van der Waals surface area contributed by atoms with Crippen molar-refractivity contribution in [3.63, 3.8) is 0 Å². The normalized spacial score (nSPS) is 26.4. The molecule has 2 aliphatic carbocycles. The zero-order chi connectivity index (χ0) is 13.8. The van der Waals surface area contributed by atoms with Gasteiger partial charge >= 0.3 is 0 Å². The number of aryl methyl sites for hydroxylation is 1. The van der Waals surface area contributed by atoms with Gasteiger partial charge in [-0.2, -0.15) is 0 Å². The molecule has 0 aliphatic heterocycles. The van der Waals surface area contributed by atoms with Gasteiger partial charge in [-0.3, -0.25) is 0 Å². The van der Waals surface area contributed by atoms with Crippen molar-refractivity contribution in [3.05, 3.63) is 29.8 Å². The molecule has 2 unspecified atom stereocenters. The highest BCUT2D eigenvalue weighted by molar-refractivity contribution is 5.46. The Hall–Kier alpha value is -1.02. The van der Waals surface area contributed by atoms with Gasteiger partial charge in [0.05, 0.1) is 0 Å². The smallest absolute Gasteiger partial charge is 0.0434 e. The number of aliphatic hydroxyl groups is 1. The highest BCUT2D eigenvalue weighted by Gasteiger charge is 2.34. The predicted molar refractivity (Wildman–Crippen MR) is 83.9 cm³/mol. The molecule has 110 valence electrons. The largest absolute Gasteiger partial charge is 0.396 e. The third-order valence-electron chi connectivity index (χ3n) is 4.92. The fraction of sp³-hybridized carbons (Fsp3) is 0.667. The van der Waals surface area contributed by atoms with Crippen LogP contribution in [0.15, 0.2) is 24.3 Å². The van der Waals surface area contributed by atoms with Crippen molar-refractivity contribution in [1.29, 1.82) is 0 Å². The first-order chi connectivity index (χ1) is 9.85. The third kappa shape index (κ3) is 3.76. The molecule has 0 heterocycles. The SMILES string of the molecule is OCCCc1cccc(NC2CCCC(C3CC3)C2)c1. The molecule has 2 atom stereocenters. The van der Waals surface area contributed by atoms with Crippen LogP contribution in [0.5, 0.6) is 0 Å². The number of hydrogen-bond acceptors (Lipinski definition) is 2. The first-order valence-electron chi connectivity index (χ1n) is 8.31. The summed E-state index contributed by atoms with van der Waals surface area (Å²) in [5.41, 5.74) is 2.60. The molecule has 0 aromatic heterocycles. The Morgan fingerprint density at radius 2 is 2.00 bits per heavy atom. The lowest BCUT2D eigenvalue weighted by molar-refractivity contribution is 0.288. The molecule has 2 nitrogen and oxygen atoms in total. The molecule has 2 aliphatic rings. The molecule has 3 rings (SSSR count). The van der Waals surface area contributed by atoms with Gasteiger partial charge in [0, 0.05) is 18.3 Å². The lowest BCUT2D eigenvalue weighted by Gasteiger charge is -2.30. The van der Waals surface area contributed by atoms with Crippen LogP contribution in [0.25, 0.3) is 0 Å². The average Bonchev–Trinajstić information content (AvgIpc) is 3.30. The van der Waals surface area contributed by atoms with Crippen molar-refractivity contribution in [1.82, 2.24) is 0 Å². The predicted octanol–water partition coefficient (Wildman–Crippen LogP) is 3.99. The molecule has 0 spiro atoms. The topological polar surface area (TPSA) is 32.3 Å². The monoisotopic (exact) mass is 273 g/mol. The van der Waals surface area contributed by atoms with E-state index in [0.717, 1.165) is 24.7 Å². The van der Waals surface area contributed by atoms with E-state index in [1.54, 1.807) is 0 Å². The molecule has 0 amide bonds. The molecule has 1 aromatic rings. The Balaban J connectivity index is 1.56. The molecular formula is C18H27NO. The van der Waals surface area contributed by atoms with Gasteiger partial charge in [0.1, 0.15) is 0 Å². The van der Waals surface area contributed by atoms with Crippen molar-refractivity contribution < 1.29 is 5.11 Å². The standard InChI is InChI=1S/C18H27NO/c20-11-3-5-14-4-1-7-17(12-14)19-18-8-2-6-16(13-18)15-9-10-15/h1,4,7,12,15-16,18-20H,2-3,5-6,8-11,13H2. The van der Waals surface area contributed by atoms with E-state index in [2.05, 4.69) is 29.6 Å². The van der Waals surface area contributed by atoms with Crippen LogP contribution in [0.1, 0.15) is 50.5 Å². The summed E-state index contributed by atoms with van der Waals surface area (Å²) in [4.78, 5) is 0. The number of aliphatic hydroxyl groups excluding tert-OH is 1. The first kappa shape index (κ1) is 13.9. The van der Waals surface area contributed by atoms with Gasteiger partial charge in [-0.05, 0) is 68.1 Å². The molecule has 20 heavy (non-hydrogen) atoms. The van der Waals surface area contributed by atoms with Crippen LogP contribution in [0.4, 0.5) is 5.69 Å². The van der Waals surface area contributed by atoms with Gasteiger partial charge in [-0.15, -0.1) is 0 Å². The van der Waals surface area contributed by atoms with E-state index in [0.29, 0.717) is 6.04 Å². The summed E-state index contributed by atoms with van der Waals surface area (Å²) >= 11 is 0. The van der Waals surface area contributed by atoms with E-state index in [4.69, 9.17) is 5.11 Å². The molecular weight excluding hydrogens is 246 g/mol. The number of benzene rings is 1. The maximum Gasteiger partial charge on any atom is 0.0434 e. The first-order valence-corrected chi connectivity index (χ1v) is 8.31. The van der Waals surface area contributed by atoms with Gasteiger partial charge in [-0.25, -0.2) is 0 Å². The molecule has 0 radical (unpaired) electrons. The second-order valence-electron chi connectivity index (χ2n) is 6.63. The summed E-state index contributed by atoms with van der Waals surface area (Å²) in [5.74, 6) is 2.04. The van der Waals surface area contributed by atoms with Crippen LogP contribution in [0, 0.1) is 11.8 Å². The maximum absolute atomic E-state index is 8.93. The highest BCUT2D eigenvalue weighted by atomic mass is 16.2. The van der Waals surface area contributed by atoms with Crippen LogP contribution in [-0.4, -0.2) is 17.8 Å². The second-order valence-corrected chi connectivity index (χ2v) is 6.63. The molecule has 2 N–H and O–H groups in total. The molecule has 2 heteroatoms. The van der Waals surface area contributed by atoms with E-state index in [1.807, 2.05) is 0 Å². The van der Waals surface area contributed by atoms with Gasteiger partial charge in [0.15, 0.2) is 0 Å². The van der Waals surface area contributed by atoms with Crippen LogP contribution >= 0.6 is 0 Å². The Morgan fingerprint density at radius 1 is 1.10 bits per heavy atom. The van der Waals surface area contributed by atoms with Crippen molar-refractivity contribution in [2.45, 2.75) is 57.4 Å². The van der Waals surface area contributed by atoms with Gasteiger partial charge in [0.25, 0.3) is 0 Å². The molecule has 1 aromatic carbocycles. The van der Waals surface area contributed by atoms with E-state index < -0.39 is 0 Å². The summed E-state index contributed by atoms with van der Waals surface area (Å²) in [6.45, 7) is 0.281. The van der Waals surface area contributed by atoms with E-state index in [9.17, 15) is 0 Å². The summed E-state index contributed by atoms with van der Waals surface area (Å²) < 4.78 is 0. The number of anilines is 1. The van der Waals surface area contributed by atoms with Gasteiger partial charge in [0.2, 0.25) is 0 Å². The molecule has 0 bridgehead atoms.